The van der Waals surface area contributed by atoms with Crippen LogP contribution in [0.2, 0.25) is 0 Å². The molecule has 2 aliphatic heterocycles. The molecule has 0 saturated carbocycles. The average Bonchev–Trinajstić information content (AvgIpc) is 2.37. The second-order valence-electron chi connectivity index (χ2n) is 5.06. The molecule has 6 nitrogen and oxygen atoms in total. The summed E-state index contributed by atoms with van der Waals surface area (Å²) in [6.45, 7) is 10.8. The Morgan fingerprint density at radius 3 is 2.61 bits per heavy atom. The lowest BCUT2D eigenvalue weighted by molar-refractivity contribution is 0.100. The molecule has 0 unspecified atom stereocenters. The van der Waals surface area contributed by atoms with Crippen LogP contribution in [0.1, 0.15) is 13.8 Å². The molecule has 6 heteroatoms. The van der Waals surface area contributed by atoms with Gasteiger partial charge in [0.05, 0.1) is 12.7 Å². The smallest absolute Gasteiger partial charge is 0.222 e. The first-order valence-corrected chi connectivity index (χ1v) is 6.57. The third kappa shape index (κ3) is 3.61. The van der Waals surface area contributed by atoms with Crippen molar-refractivity contribution in [3.63, 3.8) is 0 Å². The van der Waals surface area contributed by atoms with Crippen LogP contribution in [0.4, 0.5) is 0 Å². The number of hydrazine groups is 1. The summed E-state index contributed by atoms with van der Waals surface area (Å²) in [5, 5.41) is 11.1. The van der Waals surface area contributed by atoms with Gasteiger partial charge in [-0.25, -0.2) is 4.99 Å². The minimum atomic E-state index is 0.0992. The molecular weight excluding hydrogens is 230 g/mol. The lowest BCUT2D eigenvalue weighted by atomic mass is 10.2. The van der Waals surface area contributed by atoms with Crippen LogP contribution < -0.4 is 5.43 Å². The van der Waals surface area contributed by atoms with Crippen LogP contribution in [0, 0.1) is 0 Å². The summed E-state index contributed by atoms with van der Waals surface area (Å²) < 4.78 is 0. The summed E-state index contributed by atoms with van der Waals surface area (Å²) in [6, 6.07) is 0.644. The van der Waals surface area contributed by atoms with Gasteiger partial charge in [-0.2, -0.15) is 0 Å². The molecule has 2 N–H and O–H groups in total. The summed E-state index contributed by atoms with van der Waals surface area (Å²) in [6.07, 6.45) is 3.10. The molecule has 18 heavy (non-hydrogen) atoms. The van der Waals surface area contributed by atoms with Gasteiger partial charge in [-0.15, -0.1) is 0 Å². The zero-order chi connectivity index (χ0) is 13.0. The number of aliphatic hydroxyl groups excluding tert-OH is 1. The number of aliphatic hydroxyl groups is 1. The third-order valence-corrected chi connectivity index (χ3v) is 3.46. The van der Waals surface area contributed by atoms with E-state index in [4.69, 9.17) is 0 Å². The maximum Gasteiger partial charge on any atom is 0.222 e. The molecule has 0 aromatic heterocycles. The fraction of sp³-hybridized carbons (Fsp3) is 0.750. The molecule has 2 heterocycles. The maximum atomic E-state index is 9.29. The minimum absolute atomic E-state index is 0.0992. The van der Waals surface area contributed by atoms with E-state index >= 15 is 0 Å². The Balaban J connectivity index is 1.67. The van der Waals surface area contributed by atoms with Crippen LogP contribution in [0.15, 0.2) is 17.1 Å². The maximum absolute atomic E-state index is 9.29. The number of hydrogen-bond acceptors (Lipinski definition) is 6. The van der Waals surface area contributed by atoms with Crippen molar-refractivity contribution >= 4 is 6.34 Å². The standard InChI is InChI=1S/C12H23N5O/c1-11(2)16-6-3-15(4-7-16)5-8-17-10-13-9-12(18)14-17/h9-11,14,18H,3-8H2,1-2H3. The summed E-state index contributed by atoms with van der Waals surface area (Å²) in [7, 11) is 0. The molecule has 0 aromatic rings. The van der Waals surface area contributed by atoms with E-state index in [1.54, 1.807) is 6.34 Å². The largest absolute Gasteiger partial charge is 0.493 e. The Morgan fingerprint density at radius 1 is 1.28 bits per heavy atom. The lowest BCUT2D eigenvalue weighted by Crippen LogP contribution is -2.51. The van der Waals surface area contributed by atoms with E-state index in [1.807, 2.05) is 5.01 Å². The average molecular weight is 253 g/mol. The summed E-state index contributed by atoms with van der Waals surface area (Å²) in [4.78, 5) is 8.89. The highest BCUT2D eigenvalue weighted by atomic mass is 16.3. The molecule has 0 atom stereocenters. The molecule has 0 bridgehead atoms. The monoisotopic (exact) mass is 253 g/mol. The predicted octanol–water partition coefficient (Wildman–Crippen LogP) is 0.218. The molecule has 2 aliphatic rings. The van der Waals surface area contributed by atoms with E-state index in [2.05, 4.69) is 34.1 Å². The van der Waals surface area contributed by atoms with Crippen LogP contribution in [0.5, 0.6) is 0 Å². The van der Waals surface area contributed by atoms with Gasteiger partial charge in [0.15, 0.2) is 0 Å². The van der Waals surface area contributed by atoms with Gasteiger partial charge in [-0.1, -0.05) is 0 Å². The molecule has 0 aromatic carbocycles. The number of nitrogens with zero attached hydrogens (tertiary/aromatic N) is 4. The normalized spacial score (nSPS) is 22.2. The van der Waals surface area contributed by atoms with Gasteiger partial charge in [0.25, 0.3) is 0 Å². The van der Waals surface area contributed by atoms with E-state index in [0.29, 0.717) is 6.04 Å². The molecule has 1 fully saturated rings. The van der Waals surface area contributed by atoms with Gasteiger partial charge in [-0.05, 0) is 13.8 Å². The Labute approximate surface area is 109 Å². The van der Waals surface area contributed by atoms with Gasteiger partial charge < -0.3 is 5.11 Å². The molecule has 102 valence electrons. The van der Waals surface area contributed by atoms with Crippen LogP contribution in [-0.4, -0.2) is 71.6 Å². The van der Waals surface area contributed by atoms with Crippen molar-refractivity contribution in [2.75, 3.05) is 39.3 Å². The first-order chi connectivity index (χ1) is 8.65. The lowest BCUT2D eigenvalue weighted by Gasteiger charge is -2.37. The van der Waals surface area contributed by atoms with Crippen molar-refractivity contribution in [3.8, 4) is 0 Å². The first-order valence-electron chi connectivity index (χ1n) is 6.57. The SMILES string of the molecule is CC(C)N1CCN(CCN2C=NC=C(O)N2)CC1. The van der Waals surface area contributed by atoms with Crippen LogP contribution in [0.25, 0.3) is 0 Å². The summed E-state index contributed by atoms with van der Waals surface area (Å²) in [5.41, 5.74) is 2.85. The van der Waals surface area contributed by atoms with Crippen LogP contribution in [-0.2, 0) is 0 Å². The van der Waals surface area contributed by atoms with E-state index in [-0.39, 0.29) is 5.88 Å². The number of hydrogen-bond donors (Lipinski definition) is 2. The van der Waals surface area contributed by atoms with E-state index < -0.39 is 0 Å². The van der Waals surface area contributed by atoms with Gasteiger partial charge in [0.2, 0.25) is 5.88 Å². The third-order valence-electron chi connectivity index (χ3n) is 3.46. The summed E-state index contributed by atoms with van der Waals surface area (Å²) in [5.74, 6) is 0.0992. The molecule has 1 saturated heterocycles. The number of nitrogens with one attached hydrogen (secondary N) is 1. The van der Waals surface area contributed by atoms with Crippen molar-refractivity contribution < 1.29 is 5.11 Å². The van der Waals surface area contributed by atoms with Crippen LogP contribution >= 0.6 is 0 Å². The molecule has 0 amide bonds. The second kappa shape index (κ2) is 6.06. The number of rotatable bonds is 4. The Hall–Kier alpha value is -1.27. The van der Waals surface area contributed by atoms with Crippen molar-refractivity contribution in [1.82, 2.24) is 20.2 Å². The van der Waals surface area contributed by atoms with Crippen molar-refractivity contribution in [3.05, 3.63) is 12.1 Å². The molecule has 0 spiro atoms. The number of aliphatic imine (C=N–C) groups is 1. The fourth-order valence-corrected chi connectivity index (χ4v) is 2.26. The van der Waals surface area contributed by atoms with Crippen molar-refractivity contribution in [1.29, 1.82) is 0 Å². The first kappa shape index (κ1) is 13.2. The summed E-state index contributed by atoms with van der Waals surface area (Å²) >= 11 is 0. The zero-order valence-electron chi connectivity index (χ0n) is 11.2. The van der Waals surface area contributed by atoms with Crippen molar-refractivity contribution in [2.45, 2.75) is 19.9 Å². The van der Waals surface area contributed by atoms with Gasteiger partial charge in [0, 0.05) is 38.8 Å². The van der Waals surface area contributed by atoms with E-state index in [0.717, 1.165) is 39.3 Å². The van der Waals surface area contributed by atoms with Crippen molar-refractivity contribution in [2.24, 2.45) is 4.99 Å². The Bertz CT molecular complexity index is 320. The minimum Gasteiger partial charge on any atom is -0.493 e. The Morgan fingerprint density at radius 2 is 2.00 bits per heavy atom. The zero-order valence-corrected chi connectivity index (χ0v) is 11.2. The molecular formula is C12H23N5O. The highest BCUT2D eigenvalue weighted by Crippen LogP contribution is 2.05. The van der Waals surface area contributed by atoms with E-state index in [9.17, 15) is 5.11 Å². The van der Waals surface area contributed by atoms with Gasteiger partial charge in [-0.3, -0.25) is 20.2 Å². The van der Waals surface area contributed by atoms with E-state index in [1.165, 1.54) is 6.20 Å². The fourth-order valence-electron chi connectivity index (χ4n) is 2.26. The molecule has 0 aliphatic carbocycles. The topological polar surface area (TPSA) is 54.3 Å². The second-order valence-corrected chi connectivity index (χ2v) is 5.06. The number of piperazine rings is 1. The quantitative estimate of drug-likeness (QED) is 0.750. The highest BCUT2D eigenvalue weighted by molar-refractivity contribution is 5.56. The molecule has 0 radical (unpaired) electrons. The van der Waals surface area contributed by atoms with Gasteiger partial charge in [0.1, 0.15) is 6.34 Å². The Kier molecular flexibility index (Phi) is 4.43. The molecule has 2 rings (SSSR count). The van der Waals surface area contributed by atoms with Gasteiger partial charge >= 0.3 is 0 Å². The van der Waals surface area contributed by atoms with Crippen LogP contribution in [0.3, 0.4) is 0 Å². The predicted molar refractivity (Wildman–Crippen MR) is 72.2 cm³/mol. The highest BCUT2D eigenvalue weighted by Gasteiger charge is 2.19.